The number of rotatable bonds is 9. The fourth-order valence-electron chi connectivity index (χ4n) is 1.35. The number of carbonyl (C=O) groups is 1. The molecule has 1 atom stereocenters. The number of carbonyl (C=O) groups excluding carboxylic acids is 1. The zero-order valence-corrected chi connectivity index (χ0v) is 11.2. The van der Waals surface area contributed by atoms with Crippen LogP contribution in [-0.2, 0) is 14.3 Å². The van der Waals surface area contributed by atoms with Crippen LogP contribution in [0.2, 0.25) is 0 Å². The van der Waals surface area contributed by atoms with Crippen molar-refractivity contribution in [2.45, 2.75) is 33.6 Å². The van der Waals surface area contributed by atoms with Crippen LogP contribution in [0.1, 0.15) is 33.6 Å². The minimum Gasteiger partial charge on any atom is -0.460 e. The van der Waals surface area contributed by atoms with Gasteiger partial charge in [0, 0.05) is 12.2 Å². The largest absolute Gasteiger partial charge is 0.460 e. The highest BCUT2D eigenvalue weighted by molar-refractivity contribution is 5.86. The Morgan fingerprint density at radius 1 is 1.35 bits per heavy atom. The molecule has 0 saturated heterocycles. The second-order valence-electron chi connectivity index (χ2n) is 4.17. The number of hydrogen-bond acceptors (Lipinski definition) is 3. The topological polar surface area (TPSA) is 35.5 Å². The summed E-state index contributed by atoms with van der Waals surface area (Å²) in [5.74, 6) is 0.250. The van der Waals surface area contributed by atoms with Crippen LogP contribution in [0.15, 0.2) is 24.3 Å². The van der Waals surface area contributed by atoms with Gasteiger partial charge in [-0.3, -0.25) is 0 Å². The number of allylic oxidation sites excluding steroid dienone is 2. The molecule has 17 heavy (non-hydrogen) atoms. The minimum absolute atomic E-state index is 0.302. The van der Waals surface area contributed by atoms with Gasteiger partial charge in [-0.05, 0) is 32.6 Å². The lowest BCUT2D eigenvalue weighted by atomic mass is 10.1. The van der Waals surface area contributed by atoms with Crippen LogP contribution < -0.4 is 0 Å². The monoisotopic (exact) mass is 240 g/mol. The van der Waals surface area contributed by atoms with Crippen LogP contribution in [0.4, 0.5) is 0 Å². The van der Waals surface area contributed by atoms with Crippen LogP contribution in [0, 0.1) is 5.92 Å². The van der Waals surface area contributed by atoms with E-state index in [-0.39, 0.29) is 5.97 Å². The van der Waals surface area contributed by atoms with Crippen molar-refractivity contribution >= 4 is 5.97 Å². The van der Waals surface area contributed by atoms with Gasteiger partial charge in [0.05, 0.1) is 6.61 Å². The normalized spacial score (nSPS) is 12.6. The van der Waals surface area contributed by atoms with Gasteiger partial charge in [0.2, 0.25) is 0 Å². The predicted molar refractivity (Wildman–Crippen MR) is 69.8 cm³/mol. The Labute approximate surface area is 104 Å². The molecule has 0 aromatic heterocycles. The van der Waals surface area contributed by atoms with Gasteiger partial charge in [-0.15, -0.1) is 0 Å². The van der Waals surface area contributed by atoms with E-state index in [4.69, 9.17) is 9.47 Å². The molecule has 3 nitrogen and oxygen atoms in total. The maximum Gasteiger partial charge on any atom is 0.333 e. The molecule has 0 aliphatic heterocycles. The lowest BCUT2D eigenvalue weighted by Gasteiger charge is -2.07. The zero-order chi connectivity index (χ0) is 13.1. The Morgan fingerprint density at radius 3 is 2.65 bits per heavy atom. The van der Waals surface area contributed by atoms with Gasteiger partial charge in [-0.2, -0.15) is 0 Å². The van der Waals surface area contributed by atoms with Crippen molar-refractivity contribution in [3.63, 3.8) is 0 Å². The van der Waals surface area contributed by atoms with Gasteiger partial charge in [-0.25, -0.2) is 4.79 Å². The molecule has 0 fully saturated rings. The summed E-state index contributed by atoms with van der Waals surface area (Å²) >= 11 is 0. The maximum atomic E-state index is 11.0. The van der Waals surface area contributed by atoms with Gasteiger partial charge in [0.1, 0.15) is 6.61 Å². The van der Waals surface area contributed by atoms with Gasteiger partial charge in [0.15, 0.2) is 0 Å². The van der Waals surface area contributed by atoms with Crippen LogP contribution >= 0.6 is 0 Å². The van der Waals surface area contributed by atoms with E-state index >= 15 is 0 Å². The van der Waals surface area contributed by atoms with E-state index in [0.717, 1.165) is 12.8 Å². The molecule has 0 aliphatic carbocycles. The van der Waals surface area contributed by atoms with Crippen LogP contribution in [0.25, 0.3) is 0 Å². The Morgan fingerprint density at radius 2 is 2.06 bits per heavy atom. The first-order chi connectivity index (χ1) is 8.07. The van der Waals surface area contributed by atoms with Crippen molar-refractivity contribution in [3.05, 3.63) is 24.3 Å². The summed E-state index contributed by atoms with van der Waals surface area (Å²) in [6.07, 6.45) is 6.41. The van der Waals surface area contributed by atoms with E-state index < -0.39 is 0 Å². The van der Waals surface area contributed by atoms with E-state index in [0.29, 0.717) is 31.3 Å². The maximum absolute atomic E-state index is 11.0. The Balaban J connectivity index is 3.30. The fraction of sp³-hybridized carbons (Fsp3) is 0.643. The molecule has 0 aromatic carbocycles. The van der Waals surface area contributed by atoms with Crippen LogP contribution in [0.5, 0.6) is 0 Å². The van der Waals surface area contributed by atoms with Crippen LogP contribution in [0.3, 0.4) is 0 Å². The van der Waals surface area contributed by atoms with Crippen molar-refractivity contribution in [1.82, 2.24) is 0 Å². The quantitative estimate of drug-likeness (QED) is 0.269. The highest BCUT2D eigenvalue weighted by Crippen LogP contribution is 2.06. The Bertz CT molecular complexity index is 256. The number of ether oxygens (including phenoxy) is 2. The van der Waals surface area contributed by atoms with Crippen molar-refractivity contribution in [2.24, 2.45) is 5.92 Å². The van der Waals surface area contributed by atoms with Gasteiger partial charge in [0.25, 0.3) is 0 Å². The second kappa shape index (κ2) is 10.1. The molecule has 0 N–H and O–H groups in total. The van der Waals surface area contributed by atoms with Crippen molar-refractivity contribution < 1.29 is 14.3 Å². The third-order valence-corrected chi connectivity index (χ3v) is 2.28. The molecule has 0 aliphatic rings. The highest BCUT2D eigenvalue weighted by Gasteiger charge is 2.02. The molecule has 0 bridgehead atoms. The summed E-state index contributed by atoms with van der Waals surface area (Å²) in [7, 11) is 0. The van der Waals surface area contributed by atoms with E-state index in [1.807, 2.05) is 6.92 Å². The van der Waals surface area contributed by atoms with Crippen molar-refractivity contribution in [1.29, 1.82) is 0 Å². The van der Waals surface area contributed by atoms with E-state index in [1.165, 1.54) is 0 Å². The van der Waals surface area contributed by atoms with E-state index in [1.54, 1.807) is 6.92 Å². The lowest BCUT2D eigenvalue weighted by Crippen LogP contribution is -2.11. The summed E-state index contributed by atoms with van der Waals surface area (Å²) in [6, 6.07) is 0. The molecule has 98 valence electrons. The standard InChI is InChI=1S/C14H24O3/c1-5-7-13(4)8-6-9-16-10-11-17-14(15)12(2)3/h5,7,13H,2,6,8-11H2,1,3-4H3. The summed E-state index contributed by atoms with van der Waals surface area (Å²) in [4.78, 5) is 11.0. The average molecular weight is 240 g/mol. The fourth-order valence-corrected chi connectivity index (χ4v) is 1.35. The molecule has 0 amide bonds. The zero-order valence-electron chi connectivity index (χ0n) is 11.2. The highest BCUT2D eigenvalue weighted by atomic mass is 16.6. The molecule has 0 radical (unpaired) electrons. The van der Waals surface area contributed by atoms with Crippen molar-refractivity contribution in [2.75, 3.05) is 19.8 Å². The van der Waals surface area contributed by atoms with Gasteiger partial charge < -0.3 is 9.47 Å². The van der Waals surface area contributed by atoms with Gasteiger partial charge in [-0.1, -0.05) is 25.7 Å². The summed E-state index contributed by atoms with van der Waals surface area (Å²) < 4.78 is 10.3. The first kappa shape index (κ1) is 15.9. The smallest absolute Gasteiger partial charge is 0.333 e. The summed E-state index contributed by atoms with van der Waals surface area (Å²) in [5.41, 5.74) is 0.421. The first-order valence-corrected chi connectivity index (χ1v) is 6.11. The molecule has 1 unspecified atom stereocenters. The SMILES string of the molecule is C=C(C)C(=O)OCCOCCCC(C)C=CC. The molecule has 0 heterocycles. The average Bonchev–Trinajstić information content (AvgIpc) is 2.27. The molecule has 0 aromatic rings. The number of esters is 1. The molecular formula is C14H24O3. The van der Waals surface area contributed by atoms with E-state index in [9.17, 15) is 4.79 Å². The lowest BCUT2D eigenvalue weighted by molar-refractivity contribution is -0.140. The van der Waals surface area contributed by atoms with Crippen molar-refractivity contribution in [3.8, 4) is 0 Å². The Kier molecular flexibility index (Phi) is 9.44. The number of hydrogen-bond donors (Lipinski definition) is 0. The first-order valence-electron chi connectivity index (χ1n) is 6.11. The predicted octanol–water partition coefficient (Wildman–Crippen LogP) is 3.11. The summed E-state index contributed by atoms with van der Waals surface area (Å²) in [6.45, 7) is 10.8. The Hall–Kier alpha value is -1.09. The van der Waals surface area contributed by atoms with E-state index in [2.05, 4.69) is 25.7 Å². The second-order valence-corrected chi connectivity index (χ2v) is 4.17. The molecule has 3 heteroatoms. The van der Waals surface area contributed by atoms with Crippen LogP contribution in [-0.4, -0.2) is 25.8 Å². The molecule has 0 spiro atoms. The summed E-state index contributed by atoms with van der Waals surface area (Å²) in [5, 5.41) is 0. The molecule has 0 rings (SSSR count). The van der Waals surface area contributed by atoms with Gasteiger partial charge >= 0.3 is 5.97 Å². The third-order valence-electron chi connectivity index (χ3n) is 2.28. The molecular weight excluding hydrogens is 216 g/mol. The third kappa shape index (κ3) is 9.82. The minimum atomic E-state index is -0.352. The molecule has 0 saturated carbocycles.